The molecule has 0 radical (unpaired) electrons. The van der Waals surface area contributed by atoms with Crippen molar-refractivity contribution in [2.45, 2.75) is 31.6 Å². The second-order valence-corrected chi connectivity index (χ2v) is 9.78. The summed E-state index contributed by atoms with van der Waals surface area (Å²) in [4.78, 5) is 24.3. The molecule has 0 aliphatic rings. The summed E-state index contributed by atoms with van der Waals surface area (Å²) in [5.74, 6) is -1.19. The average molecular weight is 460 g/mol. The SMILES string of the molecule is CCCC(=O)N(c1cc2sc(=O)oc2c2ccccc12)S(=O)(=O)c1ccc(F)cc1C. The molecule has 1 amide bonds. The number of sulfonamides is 1. The van der Waals surface area contributed by atoms with Crippen molar-refractivity contribution >= 4 is 54.0 Å². The number of fused-ring (bicyclic) bond motifs is 3. The standard InChI is InChI=1S/C22H18FNO5S2/c1-3-6-20(25)24(31(27,28)19-10-9-14(23)11-13(19)2)17-12-18-21(29-22(26)30-18)16-8-5-4-7-15(16)17/h4-5,7-12H,3,6H2,1-2H3. The summed E-state index contributed by atoms with van der Waals surface area (Å²) in [6.45, 7) is 3.25. The third kappa shape index (κ3) is 3.64. The second-order valence-electron chi connectivity index (χ2n) is 7.05. The van der Waals surface area contributed by atoms with Crippen molar-refractivity contribution in [2.24, 2.45) is 0 Å². The lowest BCUT2D eigenvalue weighted by atomic mass is 10.1. The maximum atomic E-state index is 13.7. The van der Waals surface area contributed by atoms with Gasteiger partial charge in [0.2, 0.25) is 5.91 Å². The number of carbonyl (C=O) groups excluding carboxylic acids is 1. The summed E-state index contributed by atoms with van der Waals surface area (Å²) in [5, 5.41) is 0.970. The van der Waals surface area contributed by atoms with Crippen LogP contribution < -0.4 is 9.24 Å². The number of amides is 1. The van der Waals surface area contributed by atoms with Crippen molar-refractivity contribution in [3.05, 3.63) is 69.6 Å². The highest BCUT2D eigenvalue weighted by atomic mass is 32.2. The summed E-state index contributed by atoms with van der Waals surface area (Å²) >= 11 is 0.831. The molecule has 1 aromatic heterocycles. The van der Waals surface area contributed by atoms with E-state index < -0.39 is 26.7 Å². The minimum absolute atomic E-state index is 0.00649. The molecule has 0 N–H and O–H groups in total. The largest absolute Gasteiger partial charge is 0.413 e. The van der Waals surface area contributed by atoms with E-state index in [1.165, 1.54) is 13.0 Å². The third-order valence-corrected chi connectivity index (χ3v) is 7.55. The lowest BCUT2D eigenvalue weighted by Gasteiger charge is -2.25. The lowest BCUT2D eigenvalue weighted by Crippen LogP contribution is -2.37. The Morgan fingerprint density at radius 1 is 1.13 bits per heavy atom. The molecule has 31 heavy (non-hydrogen) atoms. The first-order valence-electron chi connectivity index (χ1n) is 9.53. The van der Waals surface area contributed by atoms with Crippen LogP contribution in [0.3, 0.4) is 0 Å². The molecule has 3 aromatic carbocycles. The Balaban J connectivity index is 2.07. The van der Waals surface area contributed by atoms with Crippen molar-refractivity contribution in [2.75, 3.05) is 4.31 Å². The van der Waals surface area contributed by atoms with Crippen LogP contribution in [0.2, 0.25) is 0 Å². The van der Waals surface area contributed by atoms with Gasteiger partial charge in [0.05, 0.1) is 15.3 Å². The number of hydrogen-bond acceptors (Lipinski definition) is 6. The van der Waals surface area contributed by atoms with Gasteiger partial charge in [-0.15, -0.1) is 0 Å². The average Bonchev–Trinajstić information content (AvgIpc) is 3.08. The molecule has 0 atom stereocenters. The monoisotopic (exact) mass is 459 g/mol. The Labute approximate surface area is 181 Å². The highest BCUT2D eigenvalue weighted by molar-refractivity contribution is 7.93. The zero-order valence-electron chi connectivity index (χ0n) is 16.7. The first kappa shape index (κ1) is 21.2. The van der Waals surface area contributed by atoms with E-state index in [9.17, 15) is 22.4 Å². The topological polar surface area (TPSA) is 84.7 Å². The van der Waals surface area contributed by atoms with Gasteiger partial charge in [0.1, 0.15) is 5.82 Å². The van der Waals surface area contributed by atoms with Crippen molar-refractivity contribution in [3.63, 3.8) is 0 Å². The van der Waals surface area contributed by atoms with Gasteiger partial charge in [-0.25, -0.2) is 21.9 Å². The van der Waals surface area contributed by atoms with E-state index in [1.54, 1.807) is 31.2 Å². The van der Waals surface area contributed by atoms with Gasteiger partial charge in [-0.3, -0.25) is 4.79 Å². The quantitative estimate of drug-likeness (QED) is 0.420. The van der Waals surface area contributed by atoms with Crippen LogP contribution in [0, 0.1) is 12.7 Å². The van der Waals surface area contributed by atoms with Gasteiger partial charge in [0.25, 0.3) is 10.0 Å². The van der Waals surface area contributed by atoms with E-state index in [0.29, 0.717) is 27.5 Å². The van der Waals surface area contributed by atoms with Crippen LogP contribution in [0.25, 0.3) is 21.1 Å². The van der Waals surface area contributed by atoms with Gasteiger partial charge in [0.15, 0.2) is 5.58 Å². The fourth-order valence-electron chi connectivity index (χ4n) is 3.56. The highest BCUT2D eigenvalue weighted by Crippen LogP contribution is 2.38. The Bertz CT molecular complexity index is 1490. The molecule has 1 heterocycles. The molecular formula is C22H18FNO5S2. The highest BCUT2D eigenvalue weighted by Gasteiger charge is 2.33. The van der Waals surface area contributed by atoms with Gasteiger partial charge in [0, 0.05) is 17.2 Å². The van der Waals surface area contributed by atoms with Crippen LogP contribution in [-0.4, -0.2) is 14.3 Å². The predicted molar refractivity (Wildman–Crippen MR) is 119 cm³/mol. The van der Waals surface area contributed by atoms with Crippen LogP contribution in [0.5, 0.6) is 0 Å². The number of aryl methyl sites for hydroxylation is 1. The molecule has 0 saturated heterocycles. The van der Waals surface area contributed by atoms with Crippen molar-refractivity contribution in [1.82, 2.24) is 0 Å². The van der Waals surface area contributed by atoms with E-state index in [2.05, 4.69) is 0 Å². The van der Waals surface area contributed by atoms with E-state index >= 15 is 0 Å². The normalized spacial score (nSPS) is 11.8. The Hall–Kier alpha value is -3.04. The first-order valence-corrected chi connectivity index (χ1v) is 11.8. The zero-order valence-corrected chi connectivity index (χ0v) is 18.3. The van der Waals surface area contributed by atoms with Gasteiger partial charge in [-0.05, 0) is 43.2 Å². The number of rotatable bonds is 5. The number of benzene rings is 3. The van der Waals surface area contributed by atoms with Gasteiger partial charge < -0.3 is 4.42 Å². The maximum Gasteiger partial charge on any atom is 0.396 e. The molecular weight excluding hydrogens is 441 g/mol. The number of carbonyl (C=O) groups is 1. The Kier molecular flexibility index (Phi) is 5.40. The molecule has 0 saturated carbocycles. The fraction of sp³-hybridized carbons (Fsp3) is 0.182. The predicted octanol–water partition coefficient (Wildman–Crippen LogP) is 4.98. The van der Waals surface area contributed by atoms with Crippen LogP contribution in [0.4, 0.5) is 10.1 Å². The molecule has 0 spiro atoms. The van der Waals surface area contributed by atoms with Crippen LogP contribution in [0.1, 0.15) is 25.3 Å². The zero-order chi connectivity index (χ0) is 22.3. The van der Waals surface area contributed by atoms with Gasteiger partial charge in [-0.2, -0.15) is 0 Å². The number of hydrogen-bond donors (Lipinski definition) is 0. The van der Waals surface area contributed by atoms with Crippen LogP contribution in [-0.2, 0) is 14.8 Å². The van der Waals surface area contributed by atoms with Crippen LogP contribution in [0.15, 0.2) is 62.6 Å². The van der Waals surface area contributed by atoms with Gasteiger partial charge >= 0.3 is 4.94 Å². The maximum absolute atomic E-state index is 13.7. The number of nitrogens with zero attached hydrogens (tertiary/aromatic N) is 1. The molecule has 4 aromatic rings. The van der Waals surface area contributed by atoms with Crippen molar-refractivity contribution < 1.29 is 22.0 Å². The fourth-order valence-corrected chi connectivity index (χ4v) is 5.95. The molecule has 4 rings (SSSR count). The minimum atomic E-state index is -4.36. The van der Waals surface area contributed by atoms with Gasteiger partial charge in [-0.1, -0.05) is 42.5 Å². The Morgan fingerprint density at radius 3 is 2.52 bits per heavy atom. The molecule has 0 bridgehead atoms. The molecule has 0 fully saturated rings. The van der Waals surface area contributed by atoms with Crippen LogP contribution >= 0.6 is 11.3 Å². The minimum Gasteiger partial charge on any atom is -0.413 e. The molecule has 9 heteroatoms. The molecule has 0 aliphatic heterocycles. The van der Waals surface area contributed by atoms with E-state index in [-0.39, 0.29) is 22.6 Å². The lowest BCUT2D eigenvalue weighted by molar-refractivity contribution is -0.117. The third-order valence-electron chi connectivity index (χ3n) is 4.88. The summed E-state index contributed by atoms with van der Waals surface area (Å²) in [7, 11) is -4.36. The number of halogens is 1. The summed E-state index contributed by atoms with van der Waals surface area (Å²) in [6, 6.07) is 11.6. The first-order chi connectivity index (χ1) is 14.7. The van der Waals surface area contributed by atoms with E-state index in [1.807, 2.05) is 0 Å². The Morgan fingerprint density at radius 2 is 1.84 bits per heavy atom. The van der Waals surface area contributed by atoms with Crippen molar-refractivity contribution in [1.29, 1.82) is 0 Å². The number of anilines is 1. The molecule has 160 valence electrons. The summed E-state index contributed by atoms with van der Waals surface area (Å²) in [5.41, 5.74) is 0.655. The molecule has 6 nitrogen and oxygen atoms in total. The van der Waals surface area contributed by atoms with Crippen molar-refractivity contribution in [3.8, 4) is 0 Å². The van der Waals surface area contributed by atoms with E-state index in [0.717, 1.165) is 33.8 Å². The molecule has 0 unspecified atom stereocenters. The summed E-state index contributed by atoms with van der Waals surface area (Å²) in [6.07, 6.45) is 0.430. The summed E-state index contributed by atoms with van der Waals surface area (Å²) < 4.78 is 47.4. The van der Waals surface area contributed by atoms with E-state index in [4.69, 9.17) is 4.42 Å². The second kappa shape index (κ2) is 7.90. The molecule has 0 aliphatic carbocycles. The smallest absolute Gasteiger partial charge is 0.396 e.